The van der Waals surface area contributed by atoms with E-state index in [1.165, 1.54) is 18.3 Å². The first kappa shape index (κ1) is 20.5. The molecule has 0 atom stereocenters. The van der Waals surface area contributed by atoms with E-state index in [9.17, 15) is 13.6 Å². The molecule has 3 aromatic rings. The normalized spacial score (nSPS) is 11.2. The van der Waals surface area contributed by atoms with Crippen LogP contribution in [-0.4, -0.2) is 21.6 Å². The van der Waals surface area contributed by atoms with E-state index in [4.69, 9.17) is 4.84 Å². The smallest absolute Gasteiger partial charge is 0.262 e. The van der Waals surface area contributed by atoms with Gasteiger partial charge in [0.05, 0.1) is 5.71 Å². The topological polar surface area (TPSA) is 76.5 Å². The molecule has 0 saturated carbocycles. The minimum absolute atomic E-state index is 0.146. The number of rotatable bonds is 6. The van der Waals surface area contributed by atoms with Gasteiger partial charge in [0.2, 0.25) is 5.88 Å². The summed E-state index contributed by atoms with van der Waals surface area (Å²) in [4.78, 5) is 25.6. The van der Waals surface area contributed by atoms with Crippen molar-refractivity contribution in [3.63, 3.8) is 0 Å². The van der Waals surface area contributed by atoms with Crippen LogP contribution in [0.25, 0.3) is 0 Å². The Kier molecular flexibility index (Phi) is 6.61. The Morgan fingerprint density at radius 3 is 2.45 bits per heavy atom. The molecule has 0 spiro atoms. The maximum Gasteiger partial charge on any atom is 0.262 e. The van der Waals surface area contributed by atoms with Gasteiger partial charge in [-0.05, 0) is 52.7 Å². The highest BCUT2D eigenvalue weighted by Gasteiger charge is 2.17. The lowest BCUT2D eigenvalue weighted by atomic mass is 10.1. The molecule has 0 aliphatic carbocycles. The summed E-state index contributed by atoms with van der Waals surface area (Å²) in [5.74, 6) is -2.33. The Labute approximate surface area is 173 Å². The summed E-state index contributed by atoms with van der Waals surface area (Å²) in [6.45, 7) is 1.90. The van der Waals surface area contributed by atoms with Crippen molar-refractivity contribution in [3.8, 4) is 5.88 Å². The average Bonchev–Trinajstić information content (AvgIpc) is 2.71. The van der Waals surface area contributed by atoms with E-state index in [1.54, 1.807) is 24.4 Å². The highest BCUT2D eigenvalue weighted by atomic mass is 79.9. The number of hydrogen-bond acceptors (Lipinski definition) is 5. The molecule has 1 N–H and O–H groups in total. The minimum Gasteiger partial charge on any atom is -0.336 e. The molecule has 2 aromatic heterocycles. The molecule has 2 heterocycles. The molecule has 0 fully saturated rings. The number of aromatic nitrogens is 2. The molecule has 0 aliphatic rings. The minimum atomic E-state index is -0.946. The molecule has 9 heteroatoms. The molecule has 0 aliphatic heterocycles. The predicted octanol–water partition coefficient (Wildman–Crippen LogP) is 4.96. The zero-order valence-corrected chi connectivity index (χ0v) is 16.8. The number of halogens is 3. The maximum absolute atomic E-state index is 13.7. The number of pyridine rings is 2. The number of hydrogen-bond donors (Lipinski definition) is 1. The largest absolute Gasteiger partial charge is 0.336 e. The van der Waals surface area contributed by atoms with Gasteiger partial charge in [-0.2, -0.15) is 0 Å². The zero-order chi connectivity index (χ0) is 20.8. The van der Waals surface area contributed by atoms with E-state index in [0.29, 0.717) is 23.6 Å². The highest BCUT2D eigenvalue weighted by Crippen LogP contribution is 2.16. The first-order chi connectivity index (χ1) is 14.0. The van der Waals surface area contributed by atoms with Crippen LogP contribution in [0.2, 0.25) is 0 Å². The van der Waals surface area contributed by atoms with Crippen molar-refractivity contribution in [1.29, 1.82) is 0 Å². The predicted molar refractivity (Wildman–Crippen MR) is 108 cm³/mol. The Hall–Kier alpha value is -3.20. The maximum atomic E-state index is 13.7. The standard InChI is InChI=1S/C20H15BrF2N4O2/c1-2-16(27-29-18-9-7-13(21)11-25-18)12-6-8-17(24-10-12)26-20(28)19-14(22)4-3-5-15(19)23/h3-11H,2H2,1H3,(H,24,26,28)/b27-16-. The monoisotopic (exact) mass is 460 g/mol. The van der Waals surface area contributed by atoms with Gasteiger partial charge >= 0.3 is 0 Å². The van der Waals surface area contributed by atoms with Crippen molar-refractivity contribution in [2.45, 2.75) is 13.3 Å². The van der Waals surface area contributed by atoms with E-state index in [2.05, 4.69) is 36.4 Å². The van der Waals surface area contributed by atoms with Crippen LogP contribution in [0, 0.1) is 11.6 Å². The first-order valence-corrected chi connectivity index (χ1v) is 9.34. The zero-order valence-electron chi connectivity index (χ0n) is 15.2. The number of carbonyl (C=O) groups is 1. The number of benzene rings is 1. The van der Waals surface area contributed by atoms with Gasteiger partial charge < -0.3 is 10.2 Å². The van der Waals surface area contributed by atoms with E-state index in [0.717, 1.165) is 16.6 Å². The molecule has 3 rings (SSSR count). The second-order valence-electron chi connectivity index (χ2n) is 5.78. The summed E-state index contributed by atoms with van der Waals surface area (Å²) in [5.41, 5.74) is 0.615. The van der Waals surface area contributed by atoms with Crippen LogP contribution in [0.15, 0.2) is 64.5 Å². The quantitative estimate of drug-likeness (QED) is 0.416. The lowest BCUT2D eigenvalue weighted by Crippen LogP contribution is -2.16. The van der Waals surface area contributed by atoms with Gasteiger partial charge in [0.15, 0.2) is 0 Å². The van der Waals surface area contributed by atoms with Crippen LogP contribution in [0.3, 0.4) is 0 Å². The Morgan fingerprint density at radius 1 is 1.10 bits per heavy atom. The lowest BCUT2D eigenvalue weighted by molar-refractivity contribution is 0.101. The van der Waals surface area contributed by atoms with Crippen LogP contribution in [0.4, 0.5) is 14.6 Å². The number of nitrogens with one attached hydrogen (secondary N) is 1. The second-order valence-corrected chi connectivity index (χ2v) is 6.70. The van der Waals surface area contributed by atoms with Crippen LogP contribution in [-0.2, 0) is 0 Å². The molecule has 0 radical (unpaired) electrons. The van der Waals surface area contributed by atoms with Gasteiger partial charge in [0, 0.05) is 28.5 Å². The van der Waals surface area contributed by atoms with Crippen molar-refractivity contribution < 1.29 is 18.4 Å². The molecule has 1 aromatic carbocycles. The summed E-state index contributed by atoms with van der Waals surface area (Å²) >= 11 is 3.29. The fourth-order valence-electron chi connectivity index (χ4n) is 2.37. The van der Waals surface area contributed by atoms with Crippen molar-refractivity contribution >= 4 is 33.4 Å². The Bertz CT molecular complexity index is 1020. The van der Waals surface area contributed by atoms with Crippen LogP contribution >= 0.6 is 15.9 Å². The molecule has 6 nitrogen and oxygen atoms in total. The van der Waals surface area contributed by atoms with E-state index in [-0.39, 0.29) is 5.82 Å². The molecule has 0 saturated heterocycles. The Balaban J connectivity index is 1.72. The molecule has 1 amide bonds. The average molecular weight is 461 g/mol. The van der Waals surface area contributed by atoms with Crippen molar-refractivity contribution in [2.24, 2.45) is 5.16 Å². The summed E-state index contributed by atoms with van der Waals surface area (Å²) in [5, 5.41) is 6.46. The van der Waals surface area contributed by atoms with E-state index < -0.39 is 23.1 Å². The van der Waals surface area contributed by atoms with Crippen LogP contribution < -0.4 is 10.2 Å². The van der Waals surface area contributed by atoms with Crippen molar-refractivity contribution in [1.82, 2.24) is 9.97 Å². The number of amides is 1. The molecular formula is C20H15BrF2N4O2. The van der Waals surface area contributed by atoms with Crippen LogP contribution in [0.1, 0.15) is 29.3 Å². The van der Waals surface area contributed by atoms with Crippen LogP contribution in [0.5, 0.6) is 5.88 Å². The van der Waals surface area contributed by atoms with Crippen molar-refractivity contribution in [2.75, 3.05) is 5.32 Å². The lowest BCUT2D eigenvalue weighted by Gasteiger charge is -2.08. The number of anilines is 1. The van der Waals surface area contributed by atoms with Crippen molar-refractivity contribution in [3.05, 3.63) is 82.1 Å². The van der Waals surface area contributed by atoms with Gasteiger partial charge in [-0.25, -0.2) is 18.7 Å². The number of carbonyl (C=O) groups excluding carboxylic acids is 1. The fourth-order valence-corrected chi connectivity index (χ4v) is 2.61. The number of nitrogens with zero attached hydrogens (tertiary/aromatic N) is 3. The molecule has 0 bridgehead atoms. The number of oxime groups is 1. The third kappa shape index (κ3) is 5.20. The summed E-state index contributed by atoms with van der Waals surface area (Å²) in [6.07, 6.45) is 3.63. The first-order valence-electron chi connectivity index (χ1n) is 8.55. The Morgan fingerprint density at radius 2 is 1.86 bits per heavy atom. The SMILES string of the molecule is CC/C(=N/Oc1ccc(Br)cn1)c1ccc(NC(=O)c2c(F)cccc2F)nc1. The third-order valence-electron chi connectivity index (χ3n) is 3.81. The molecule has 29 heavy (non-hydrogen) atoms. The van der Waals surface area contributed by atoms with Gasteiger partial charge in [0.25, 0.3) is 5.91 Å². The summed E-state index contributed by atoms with van der Waals surface area (Å²) in [6, 6.07) is 9.83. The molecule has 148 valence electrons. The summed E-state index contributed by atoms with van der Waals surface area (Å²) < 4.78 is 28.2. The van der Waals surface area contributed by atoms with Gasteiger partial charge in [-0.3, -0.25) is 4.79 Å². The van der Waals surface area contributed by atoms with E-state index in [1.807, 2.05) is 6.92 Å². The van der Waals surface area contributed by atoms with Gasteiger partial charge in [-0.1, -0.05) is 18.1 Å². The second kappa shape index (κ2) is 9.33. The summed E-state index contributed by atoms with van der Waals surface area (Å²) in [7, 11) is 0. The molecular weight excluding hydrogens is 446 g/mol. The molecule has 0 unspecified atom stereocenters. The van der Waals surface area contributed by atoms with Gasteiger partial charge in [0.1, 0.15) is 23.0 Å². The fraction of sp³-hybridized carbons (Fsp3) is 0.100. The third-order valence-corrected chi connectivity index (χ3v) is 4.28. The van der Waals surface area contributed by atoms with E-state index >= 15 is 0 Å². The highest BCUT2D eigenvalue weighted by molar-refractivity contribution is 9.10. The van der Waals surface area contributed by atoms with Gasteiger partial charge in [-0.15, -0.1) is 0 Å².